The monoisotopic (exact) mass is 263 g/mol. The fraction of sp³-hybridized carbons (Fsp3) is 0.385. The summed E-state index contributed by atoms with van der Waals surface area (Å²) in [5, 5.41) is 28.9. The van der Waals surface area contributed by atoms with Crippen LogP contribution in [0.25, 0.3) is 0 Å². The van der Waals surface area contributed by atoms with E-state index in [4.69, 9.17) is 15.5 Å². The lowest BCUT2D eigenvalue weighted by Gasteiger charge is -2.23. The largest absolute Gasteiger partial charge is 0.395 e. The maximum atomic E-state index is 11.2. The Hall–Kier alpha value is -2.10. The summed E-state index contributed by atoms with van der Waals surface area (Å²) in [7, 11) is 0. The highest BCUT2D eigenvalue weighted by Gasteiger charge is 2.06. The molecule has 1 amide bonds. The van der Waals surface area contributed by atoms with Crippen LogP contribution >= 0.6 is 0 Å². The maximum absolute atomic E-state index is 11.2. The summed E-state index contributed by atoms with van der Waals surface area (Å²) in [6.45, 7) is 0.864. The van der Waals surface area contributed by atoms with Crippen molar-refractivity contribution in [3.63, 3.8) is 0 Å². The average Bonchev–Trinajstić information content (AvgIpc) is 2.40. The number of carbonyl (C=O) groups is 1. The SMILES string of the molecule is N#CCC(=O)Nc1ccc(N(CCO)CCO)cc1. The number of anilines is 2. The molecule has 1 rings (SSSR count). The molecule has 0 unspecified atom stereocenters. The van der Waals surface area contributed by atoms with Crippen LogP contribution in [0.3, 0.4) is 0 Å². The van der Waals surface area contributed by atoms with Crippen molar-refractivity contribution in [1.29, 1.82) is 5.26 Å². The molecule has 0 fully saturated rings. The fourth-order valence-corrected chi connectivity index (χ4v) is 1.64. The van der Waals surface area contributed by atoms with Gasteiger partial charge >= 0.3 is 0 Å². The van der Waals surface area contributed by atoms with E-state index < -0.39 is 0 Å². The Morgan fingerprint density at radius 2 is 1.79 bits per heavy atom. The van der Waals surface area contributed by atoms with E-state index in [9.17, 15) is 4.79 Å². The molecule has 0 radical (unpaired) electrons. The van der Waals surface area contributed by atoms with E-state index in [0.29, 0.717) is 18.8 Å². The zero-order valence-corrected chi connectivity index (χ0v) is 10.5. The number of amides is 1. The summed E-state index contributed by atoms with van der Waals surface area (Å²) in [5.74, 6) is -0.349. The summed E-state index contributed by atoms with van der Waals surface area (Å²) in [6, 6.07) is 8.77. The van der Waals surface area contributed by atoms with Crippen LogP contribution in [0.2, 0.25) is 0 Å². The standard InChI is InChI=1S/C13H17N3O3/c14-6-5-13(19)15-11-1-3-12(4-2-11)16(7-9-17)8-10-18/h1-4,17-18H,5,7-10H2,(H,15,19). The van der Waals surface area contributed by atoms with Crippen molar-refractivity contribution in [2.45, 2.75) is 6.42 Å². The van der Waals surface area contributed by atoms with Crippen LogP contribution in [0.5, 0.6) is 0 Å². The molecular formula is C13H17N3O3. The number of carbonyl (C=O) groups excluding carboxylic acids is 1. The minimum absolute atomic E-state index is 0.000652. The minimum atomic E-state index is -0.349. The predicted molar refractivity (Wildman–Crippen MR) is 71.7 cm³/mol. The number of aliphatic hydroxyl groups is 2. The van der Waals surface area contributed by atoms with Gasteiger partial charge in [-0.05, 0) is 24.3 Å². The number of aliphatic hydroxyl groups excluding tert-OH is 2. The second-order valence-corrected chi connectivity index (χ2v) is 3.86. The third-order valence-electron chi connectivity index (χ3n) is 2.50. The first kappa shape index (κ1) is 15.0. The normalized spacial score (nSPS) is 9.74. The predicted octanol–water partition coefficient (Wildman–Crippen LogP) is 0.330. The van der Waals surface area contributed by atoms with E-state index in [2.05, 4.69) is 5.32 Å². The van der Waals surface area contributed by atoms with Gasteiger partial charge in [0.2, 0.25) is 5.91 Å². The van der Waals surface area contributed by atoms with Gasteiger partial charge in [0, 0.05) is 24.5 Å². The molecule has 0 heterocycles. The van der Waals surface area contributed by atoms with Gasteiger partial charge in [-0.2, -0.15) is 5.26 Å². The molecule has 0 aromatic heterocycles. The lowest BCUT2D eigenvalue weighted by atomic mass is 10.2. The number of rotatable bonds is 7. The van der Waals surface area contributed by atoms with E-state index in [0.717, 1.165) is 5.69 Å². The summed E-state index contributed by atoms with van der Waals surface area (Å²) >= 11 is 0. The highest BCUT2D eigenvalue weighted by molar-refractivity contribution is 5.92. The number of nitrogens with one attached hydrogen (secondary N) is 1. The summed E-state index contributed by atoms with van der Waals surface area (Å²) < 4.78 is 0. The van der Waals surface area contributed by atoms with Gasteiger partial charge in [-0.15, -0.1) is 0 Å². The molecule has 6 nitrogen and oxygen atoms in total. The van der Waals surface area contributed by atoms with Crippen LogP contribution in [0.1, 0.15) is 6.42 Å². The van der Waals surface area contributed by atoms with E-state index >= 15 is 0 Å². The summed E-state index contributed by atoms with van der Waals surface area (Å²) in [6.07, 6.45) is -0.178. The van der Waals surface area contributed by atoms with Crippen molar-refractivity contribution in [3.8, 4) is 6.07 Å². The van der Waals surface area contributed by atoms with Crippen LogP contribution in [0, 0.1) is 11.3 Å². The van der Waals surface area contributed by atoms with Crippen molar-refractivity contribution < 1.29 is 15.0 Å². The van der Waals surface area contributed by atoms with Crippen molar-refractivity contribution in [1.82, 2.24) is 0 Å². The molecule has 102 valence electrons. The molecule has 6 heteroatoms. The zero-order valence-electron chi connectivity index (χ0n) is 10.5. The molecule has 0 spiro atoms. The van der Waals surface area contributed by atoms with Crippen LogP contribution < -0.4 is 10.2 Å². The number of hydrogen-bond donors (Lipinski definition) is 3. The molecular weight excluding hydrogens is 246 g/mol. The van der Waals surface area contributed by atoms with Gasteiger partial charge in [-0.3, -0.25) is 4.79 Å². The van der Waals surface area contributed by atoms with Gasteiger partial charge in [0.1, 0.15) is 6.42 Å². The molecule has 0 bridgehead atoms. The Bertz CT molecular complexity index is 433. The first-order valence-corrected chi connectivity index (χ1v) is 5.94. The van der Waals surface area contributed by atoms with Crippen molar-refractivity contribution >= 4 is 17.3 Å². The Balaban J connectivity index is 2.69. The molecule has 0 atom stereocenters. The zero-order chi connectivity index (χ0) is 14.1. The quantitative estimate of drug-likeness (QED) is 0.658. The van der Waals surface area contributed by atoms with Crippen LogP contribution in [0.4, 0.5) is 11.4 Å². The summed E-state index contributed by atoms with van der Waals surface area (Å²) in [4.78, 5) is 13.1. The third kappa shape index (κ3) is 4.95. The van der Waals surface area contributed by atoms with E-state index in [1.54, 1.807) is 30.3 Å². The van der Waals surface area contributed by atoms with Gasteiger partial charge < -0.3 is 20.4 Å². The van der Waals surface area contributed by atoms with Gasteiger partial charge in [-0.25, -0.2) is 0 Å². The van der Waals surface area contributed by atoms with Crippen molar-refractivity contribution in [2.24, 2.45) is 0 Å². The van der Waals surface area contributed by atoms with Gasteiger partial charge in [0.15, 0.2) is 0 Å². The Labute approximate surface area is 111 Å². The first-order valence-electron chi connectivity index (χ1n) is 5.94. The average molecular weight is 263 g/mol. The Kier molecular flexibility index (Phi) is 6.36. The molecule has 0 saturated heterocycles. The highest BCUT2D eigenvalue weighted by atomic mass is 16.3. The van der Waals surface area contributed by atoms with E-state index in [-0.39, 0.29) is 25.5 Å². The molecule has 0 aliphatic rings. The van der Waals surface area contributed by atoms with Crippen molar-refractivity contribution in [3.05, 3.63) is 24.3 Å². The molecule has 0 saturated carbocycles. The molecule has 0 aliphatic heterocycles. The van der Waals surface area contributed by atoms with Gasteiger partial charge in [-0.1, -0.05) is 0 Å². The smallest absolute Gasteiger partial charge is 0.238 e. The lowest BCUT2D eigenvalue weighted by Crippen LogP contribution is -2.29. The topological polar surface area (TPSA) is 96.6 Å². The van der Waals surface area contributed by atoms with Crippen LogP contribution in [-0.4, -0.2) is 42.4 Å². The Morgan fingerprint density at radius 3 is 2.26 bits per heavy atom. The number of hydrogen-bond acceptors (Lipinski definition) is 5. The number of nitriles is 1. The molecule has 3 N–H and O–H groups in total. The minimum Gasteiger partial charge on any atom is -0.395 e. The highest BCUT2D eigenvalue weighted by Crippen LogP contribution is 2.17. The van der Waals surface area contributed by atoms with Crippen LogP contribution in [0.15, 0.2) is 24.3 Å². The number of benzene rings is 1. The fourth-order valence-electron chi connectivity index (χ4n) is 1.64. The molecule has 1 aromatic carbocycles. The third-order valence-corrected chi connectivity index (χ3v) is 2.50. The Morgan fingerprint density at radius 1 is 1.21 bits per heavy atom. The van der Waals surface area contributed by atoms with E-state index in [1.807, 2.05) is 4.90 Å². The first-order chi connectivity index (χ1) is 9.21. The molecule has 19 heavy (non-hydrogen) atoms. The second kappa shape index (κ2) is 8.08. The van der Waals surface area contributed by atoms with Crippen LogP contribution in [-0.2, 0) is 4.79 Å². The second-order valence-electron chi connectivity index (χ2n) is 3.86. The van der Waals surface area contributed by atoms with Gasteiger partial charge in [0.25, 0.3) is 0 Å². The molecule has 0 aliphatic carbocycles. The molecule has 1 aromatic rings. The number of nitrogens with zero attached hydrogens (tertiary/aromatic N) is 2. The van der Waals surface area contributed by atoms with Gasteiger partial charge in [0.05, 0.1) is 19.3 Å². The van der Waals surface area contributed by atoms with E-state index in [1.165, 1.54) is 0 Å². The summed E-state index contributed by atoms with van der Waals surface area (Å²) in [5.41, 5.74) is 1.46. The maximum Gasteiger partial charge on any atom is 0.238 e. The van der Waals surface area contributed by atoms with Crippen molar-refractivity contribution in [2.75, 3.05) is 36.5 Å². The lowest BCUT2D eigenvalue weighted by molar-refractivity contribution is -0.115.